The van der Waals surface area contributed by atoms with Crippen LogP contribution in [-0.2, 0) is 4.79 Å². The summed E-state index contributed by atoms with van der Waals surface area (Å²) in [6.07, 6.45) is 0.443. The molecule has 0 saturated carbocycles. The van der Waals surface area contributed by atoms with Crippen molar-refractivity contribution in [2.75, 3.05) is 5.32 Å². The molecule has 6 nitrogen and oxygen atoms in total. The van der Waals surface area contributed by atoms with E-state index in [4.69, 9.17) is 17.2 Å². The number of carbonyl (C=O) groups is 1. The molecule has 1 aromatic heterocycles. The average molecular weight is 485 g/mol. The zero-order chi connectivity index (χ0) is 24.9. The van der Waals surface area contributed by atoms with E-state index in [0.29, 0.717) is 23.1 Å². The van der Waals surface area contributed by atoms with Gasteiger partial charge in [-0.1, -0.05) is 74.5 Å². The van der Waals surface area contributed by atoms with Gasteiger partial charge >= 0.3 is 0 Å². The highest BCUT2D eigenvalue weighted by atomic mass is 32.1. The zero-order valence-electron chi connectivity index (χ0n) is 20.0. The third kappa shape index (κ3) is 5.46. The Morgan fingerprint density at radius 2 is 1.63 bits per heavy atom. The summed E-state index contributed by atoms with van der Waals surface area (Å²) in [6, 6.07) is 23.6. The van der Waals surface area contributed by atoms with E-state index in [0.717, 1.165) is 16.8 Å². The molecule has 3 aromatic carbocycles. The highest BCUT2D eigenvalue weighted by Crippen LogP contribution is 2.26. The van der Waals surface area contributed by atoms with Crippen molar-refractivity contribution in [2.24, 2.45) is 5.92 Å². The molecule has 4 aromatic rings. The summed E-state index contributed by atoms with van der Waals surface area (Å²) in [5, 5.41) is 6.54. The lowest BCUT2D eigenvalue weighted by Gasteiger charge is -2.24. The molecule has 0 radical (unpaired) electrons. The van der Waals surface area contributed by atoms with Crippen LogP contribution < -0.4 is 16.2 Å². The Balaban J connectivity index is 1.78. The summed E-state index contributed by atoms with van der Waals surface area (Å²) in [5.41, 5.74) is 2.91. The predicted molar refractivity (Wildman–Crippen MR) is 145 cm³/mol. The molecule has 2 N–H and O–H groups in total. The Labute approximate surface area is 210 Å². The van der Waals surface area contributed by atoms with Crippen molar-refractivity contribution in [1.29, 1.82) is 0 Å². The molecule has 178 valence electrons. The maximum Gasteiger partial charge on any atom is 0.262 e. The lowest BCUT2D eigenvalue weighted by Crippen LogP contribution is -2.43. The fourth-order valence-corrected chi connectivity index (χ4v) is 4.27. The first kappa shape index (κ1) is 24.3. The number of hydrogen-bond acceptors (Lipinski definition) is 4. The van der Waals surface area contributed by atoms with E-state index in [2.05, 4.69) is 10.6 Å². The summed E-state index contributed by atoms with van der Waals surface area (Å²) in [6.45, 7) is 6.00. The van der Waals surface area contributed by atoms with Crippen molar-refractivity contribution >= 4 is 39.8 Å². The molecule has 1 atom stereocenters. The number of aromatic nitrogens is 2. The lowest BCUT2D eigenvalue weighted by atomic mass is 10.0. The van der Waals surface area contributed by atoms with E-state index >= 15 is 0 Å². The van der Waals surface area contributed by atoms with Crippen molar-refractivity contribution in [2.45, 2.75) is 33.2 Å². The Hall–Kier alpha value is -3.84. The molecule has 0 bridgehead atoms. The van der Waals surface area contributed by atoms with Gasteiger partial charge < -0.3 is 10.6 Å². The molecular formula is C28H28N4O2S. The molecule has 0 spiro atoms. The molecule has 0 unspecified atom stereocenters. The third-order valence-electron chi connectivity index (χ3n) is 5.78. The second-order valence-corrected chi connectivity index (χ2v) is 9.31. The van der Waals surface area contributed by atoms with Crippen molar-refractivity contribution in [3.05, 3.63) is 94.8 Å². The molecule has 0 aliphatic rings. The van der Waals surface area contributed by atoms with Gasteiger partial charge in [-0.3, -0.25) is 14.2 Å². The number of carbonyl (C=O) groups excluding carboxylic acids is 1. The Morgan fingerprint density at radius 1 is 0.971 bits per heavy atom. The number of aryl methyl sites for hydroxylation is 1. The van der Waals surface area contributed by atoms with Gasteiger partial charge in [-0.15, -0.1) is 0 Å². The van der Waals surface area contributed by atoms with E-state index in [-0.39, 0.29) is 22.5 Å². The third-order valence-corrected chi connectivity index (χ3v) is 5.98. The summed E-state index contributed by atoms with van der Waals surface area (Å²) >= 11 is 5.44. The van der Waals surface area contributed by atoms with Crippen LogP contribution in [-0.4, -0.2) is 20.6 Å². The molecule has 1 heterocycles. The lowest BCUT2D eigenvalue weighted by molar-refractivity contribution is -0.123. The van der Waals surface area contributed by atoms with Gasteiger partial charge in [0.05, 0.1) is 10.9 Å². The number of nitrogens with zero attached hydrogens (tertiary/aromatic N) is 2. The number of thiocarbonyl (C=S) groups is 1. The van der Waals surface area contributed by atoms with Gasteiger partial charge in [0.2, 0.25) is 5.91 Å². The van der Waals surface area contributed by atoms with Crippen LogP contribution in [0.3, 0.4) is 0 Å². The number of anilines is 1. The van der Waals surface area contributed by atoms with Crippen molar-refractivity contribution in [1.82, 2.24) is 14.9 Å². The topological polar surface area (TPSA) is 76.0 Å². The molecule has 0 saturated heterocycles. The van der Waals surface area contributed by atoms with Crippen LogP contribution in [0.4, 0.5) is 5.69 Å². The Kier molecular flexibility index (Phi) is 7.36. The van der Waals surface area contributed by atoms with Gasteiger partial charge in [0.25, 0.3) is 5.56 Å². The van der Waals surface area contributed by atoms with Crippen molar-refractivity contribution in [3.8, 4) is 11.4 Å². The zero-order valence-corrected chi connectivity index (χ0v) is 20.8. The van der Waals surface area contributed by atoms with Gasteiger partial charge in [0.1, 0.15) is 11.9 Å². The fraction of sp³-hybridized carbons (Fsp3) is 0.214. The number of nitrogens with one attached hydrogen (secondary N) is 2. The van der Waals surface area contributed by atoms with Crippen molar-refractivity contribution in [3.63, 3.8) is 0 Å². The summed E-state index contributed by atoms with van der Waals surface area (Å²) in [4.78, 5) is 32.2. The monoisotopic (exact) mass is 484 g/mol. The van der Waals surface area contributed by atoms with E-state index in [1.54, 1.807) is 12.1 Å². The SMILES string of the molecule is Cc1ccccc1NC(=S)NC(=O)[C@@H](CC(C)C)n1c(-c2ccccc2)nc2ccccc2c1=O. The minimum Gasteiger partial charge on any atom is -0.332 e. The number of fused-ring (bicyclic) bond motifs is 1. The highest BCUT2D eigenvalue weighted by molar-refractivity contribution is 7.80. The minimum atomic E-state index is -0.800. The maximum atomic E-state index is 13.8. The number of para-hydroxylation sites is 2. The number of rotatable bonds is 6. The van der Waals surface area contributed by atoms with Gasteiger partial charge in [-0.25, -0.2) is 4.98 Å². The number of amides is 1. The maximum absolute atomic E-state index is 13.8. The smallest absolute Gasteiger partial charge is 0.262 e. The van der Waals surface area contributed by atoms with Crippen LogP contribution in [0.15, 0.2) is 83.7 Å². The first-order chi connectivity index (χ1) is 16.8. The predicted octanol–water partition coefficient (Wildman–Crippen LogP) is 5.47. The molecule has 0 aliphatic carbocycles. The Morgan fingerprint density at radius 3 is 2.34 bits per heavy atom. The van der Waals surface area contributed by atoms with E-state index in [9.17, 15) is 9.59 Å². The van der Waals surface area contributed by atoms with Crippen LogP contribution in [0.25, 0.3) is 22.3 Å². The molecular weight excluding hydrogens is 456 g/mol. The standard InChI is InChI=1S/C28H28N4O2S/c1-18(2)17-24(26(33)31-28(35)30-22-15-9-7-11-19(22)3)32-25(20-12-5-4-6-13-20)29-23-16-10-8-14-21(23)27(32)34/h4-16,18,24H,17H2,1-3H3,(H2,30,31,33,35)/t24-/m1/s1. The normalized spacial score (nSPS) is 11.9. The molecule has 7 heteroatoms. The molecule has 1 amide bonds. The second kappa shape index (κ2) is 10.6. The number of hydrogen-bond donors (Lipinski definition) is 2. The fourth-order valence-electron chi connectivity index (χ4n) is 4.06. The average Bonchev–Trinajstić information content (AvgIpc) is 2.84. The van der Waals surface area contributed by atoms with E-state index < -0.39 is 6.04 Å². The van der Waals surface area contributed by atoms with E-state index in [1.807, 2.05) is 87.5 Å². The van der Waals surface area contributed by atoms with Crippen molar-refractivity contribution < 1.29 is 4.79 Å². The first-order valence-corrected chi connectivity index (χ1v) is 12.0. The summed E-state index contributed by atoms with van der Waals surface area (Å²) in [5.74, 6) is 0.236. The van der Waals surface area contributed by atoms with Crippen LogP contribution in [0.1, 0.15) is 31.9 Å². The molecule has 0 fully saturated rings. The van der Waals surface area contributed by atoms with Crippen LogP contribution in [0.2, 0.25) is 0 Å². The highest BCUT2D eigenvalue weighted by Gasteiger charge is 2.28. The Bertz CT molecular complexity index is 1430. The van der Waals surface area contributed by atoms with Gasteiger partial charge in [-0.05, 0) is 55.2 Å². The quantitative estimate of drug-likeness (QED) is 0.355. The largest absolute Gasteiger partial charge is 0.332 e. The van der Waals surface area contributed by atoms with Crippen LogP contribution >= 0.6 is 12.2 Å². The molecule has 4 rings (SSSR count). The first-order valence-electron chi connectivity index (χ1n) is 11.6. The van der Waals surface area contributed by atoms with Crippen LogP contribution in [0.5, 0.6) is 0 Å². The van der Waals surface area contributed by atoms with E-state index in [1.165, 1.54) is 4.57 Å². The second-order valence-electron chi connectivity index (χ2n) is 8.90. The van der Waals surface area contributed by atoms with Gasteiger partial charge in [0.15, 0.2) is 5.11 Å². The van der Waals surface area contributed by atoms with Crippen LogP contribution in [0, 0.1) is 12.8 Å². The molecule has 0 aliphatic heterocycles. The summed E-state index contributed by atoms with van der Waals surface area (Å²) < 4.78 is 1.52. The minimum absolute atomic E-state index is 0.144. The summed E-state index contributed by atoms with van der Waals surface area (Å²) in [7, 11) is 0. The number of benzene rings is 3. The molecule has 35 heavy (non-hydrogen) atoms. The van der Waals surface area contributed by atoms with Gasteiger partial charge in [-0.2, -0.15) is 0 Å². The van der Waals surface area contributed by atoms with Gasteiger partial charge in [0, 0.05) is 11.3 Å².